The van der Waals surface area contributed by atoms with Crippen LogP contribution in [0.5, 0.6) is 0 Å². The van der Waals surface area contributed by atoms with E-state index in [1.54, 1.807) is 38.7 Å². The fraction of sp³-hybridized carbons (Fsp3) is 0.495. The maximum absolute atomic E-state index is 9.76. The van der Waals surface area contributed by atoms with E-state index in [1.165, 1.54) is 22.7 Å². The standard InChI is InChI=1S/C24H35N5OSSi.C22H38BNO3Si.C17H19N5OS.C16H26BrNOSi.C10H12BrNO.C8H9BrN4S.C6H4Br2.C4H9NO/c1-24(2,3)32(6,7)30-19-11-12-29(14-19)18-10-8-9-17(13-18)22-20(15-28(5)27-22)21-16-31-23(25-4)26-21;1-20(2,3)28(8,9)25-19-13-14-24(16-19)18-12-10-11-17(15-18)23-26-21(4,5)22(6,7)27-23;1-18-17-20-15(10-24-17)14-8-19-21-16(14)11-3-2-4-12(7-11)22-6-5-13(23)9-22;1-16(2,3)20(4,5)19-15-9-10-18(12-15)14-8-6-7-13(17)11-14;11-8-2-1-3-9(6-8)12-5-4-10(13)7-12;1-10-8-11-6(4-14-8)5-3-13(2)12-7(5)9;7-5-2-1-3-6(8)4-5;6-4-1-2-5-3-4/h8-10,13,15-16,19H,11-12,14H2,1-7H3,(H,25,26);10-12,15,19H,13-14,16H2,1-9H3;2-4,7-8,10,13,23H,5-6,9H2,1H3,(H,18,20)(H,19,21);6-8,11,15H,9-10,12H2,1-5H3;1-3,6,10,13H,4-5,7H2;3-4H,1-2H3,(H,10,11);1-4H;4-6H,1-3H2. The topological polar surface area (TPSA) is 274 Å². The number of thiazole rings is 3. The van der Waals surface area contributed by atoms with E-state index in [-0.39, 0.29) is 51.7 Å². The first kappa shape index (κ1) is 117. The third kappa shape index (κ3) is 32.5. The van der Waals surface area contributed by atoms with Gasteiger partial charge in [0.25, 0.3) is 0 Å². The number of hydrogen-bond donors (Lipinski definition) is 8. The second-order valence-corrected chi connectivity index (χ2v) is 64.7. The maximum Gasteiger partial charge on any atom is 0.494 e. The molecule has 7 aliphatic heterocycles. The van der Waals surface area contributed by atoms with E-state index < -0.39 is 25.0 Å². The number of benzene rings is 6. The van der Waals surface area contributed by atoms with Crippen molar-refractivity contribution in [2.75, 3.05) is 140 Å². The minimum Gasteiger partial charge on any atom is -0.412 e. The number of aromatic amines is 1. The van der Waals surface area contributed by atoms with Gasteiger partial charge < -0.3 is 83.7 Å². The van der Waals surface area contributed by atoms with E-state index >= 15 is 0 Å². The molecule has 8 N–H and O–H groups in total. The Bertz CT molecular complexity index is 6090. The summed E-state index contributed by atoms with van der Waals surface area (Å²) in [5, 5.41) is 65.9. The molecule has 0 bridgehead atoms. The molecule has 26 nitrogen and oxygen atoms in total. The number of hydrogen-bond acceptors (Lipinski definition) is 26. The molecule has 7 aliphatic rings. The van der Waals surface area contributed by atoms with E-state index in [2.05, 4.69) is 395 Å². The highest BCUT2D eigenvalue weighted by molar-refractivity contribution is 9.11. The van der Waals surface area contributed by atoms with Gasteiger partial charge in [0, 0.05) is 204 Å². The Morgan fingerprint density at radius 2 is 0.793 bits per heavy atom. The summed E-state index contributed by atoms with van der Waals surface area (Å²) in [4.78, 5) is 25.4. The van der Waals surface area contributed by atoms with Crippen molar-refractivity contribution < 1.29 is 37.9 Å². The Hall–Kier alpha value is -7.00. The van der Waals surface area contributed by atoms with Crippen LogP contribution in [0.2, 0.25) is 54.4 Å². The zero-order valence-electron chi connectivity index (χ0n) is 88.9. The SMILES string of the molecule is Brc1cccc(Br)c1.CC(C)(C)[Si](C)(C)OC1CCN(c2cccc(Br)c2)C1.CC1(C)OB(c2cccc(N3CCC(O[Si](C)(C)C(C)(C)C)C3)c2)OC1(C)C.CNc1nc(-c2cn(C)nc2-c2cccc(N3CCC(O[Si](C)(C)C(C)(C)C)C3)c2)cs1.CNc1nc(-c2cn(C)nc2Br)cs1.CNc1nc(-c2cn[nH]c2-c2cccc(N3CCC(O)C3)c2)cs1.OC1CCN(c2cccc(Br)c2)C1.OC1CCNC1. The number of nitrogens with one attached hydrogen (secondary N) is 5. The molecule has 12 aromatic rings. The number of aromatic nitrogens is 9. The zero-order chi connectivity index (χ0) is 105. The molecule has 13 heterocycles. The van der Waals surface area contributed by atoms with Crippen molar-refractivity contribution in [1.82, 2.24) is 50.0 Å². The molecule has 6 aromatic heterocycles. The fourth-order valence-electron chi connectivity index (χ4n) is 16.7. The zero-order valence-corrected chi connectivity index (χ0v) is 102. The lowest BCUT2D eigenvalue weighted by Crippen LogP contribution is -2.44. The Morgan fingerprint density at radius 3 is 1.15 bits per heavy atom. The first-order valence-electron chi connectivity index (χ1n) is 50.2. The van der Waals surface area contributed by atoms with E-state index in [1.807, 2.05) is 106 Å². The lowest BCUT2D eigenvalue weighted by Gasteiger charge is -2.38. The summed E-state index contributed by atoms with van der Waals surface area (Å²) < 4.78 is 41.2. The second kappa shape index (κ2) is 51.4. The summed E-state index contributed by atoms with van der Waals surface area (Å²) in [6.07, 6.45) is 12.3. The van der Waals surface area contributed by atoms with Gasteiger partial charge in [-0.2, -0.15) is 15.3 Å². The molecule has 7 saturated heterocycles. The minimum atomic E-state index is -1.76. The number of halogens is 5. The van der Waals surface area contributed by atoms with Gasteiger partial charge in [-0.05, 0) is 240 Å². The molecule has 0 amide bonds. The third-order valence-electron chi connectivity index (χ3n) is 28.7. The Morgan fingerprint density at radius 1 is 0.434 bits per heavy atom. The highest BCUT2D eigenvalue weighted by Crippen LogP contribution is 2.45. The van der Waals surface area contributed by atoms with Gasteiger partial charge in [-0.1, -0.05) is 181 Å². The Balaban J connectivity index is 0.000000154. The van der Waals surface area contributed by atoms with Crippen LogP contribution in [0.4, 0.5) is 43.8 Å². The molecular formula is C107H152BBr5N18O8S3Si3. The minimum absolute atomic E-state index is 0.0648. The molecule has 7 fully saturated rings. The van der Waals surface area contributed by atoms with Crippen LogP contribution in [0, 0.1) is 0 Å². The van der Waals surface area contributed by atoms with Gasteiger partial charge in [-0.3, -0.25) is 14.5 Å². The molecule has 19 rings (SSSR count). The van der Waals surface area contributed by atoms with Crippen LogP contribution >= 0.6 is 114 Å². The highest BCUT2D eigenvalue weighted by atomic mass is 79.9. The van der Waals surface area contributed by atoms with E-state index in [9.17, 15) is 10.2 Å². The lowest BCUT2D eigenvalue weighted by molar-refractivity contribution is 0.00578. The summed E-state index contributed by atoms with van der Waals surface area (Å²) in [6.45, 7) is 54.3. The summed E-state index contributed by atoms with van der Waals surface area (Å²) in [5.74, 6) is 0. The van der Waals surface area contributed by atoms with Crippen LogP contribution in [0.15, 0.2) is 203 Å². The predicted octanol–water partition coefficient (Wildman–Crippen LogP) is 25.2. The molecule has 38 heteroatoms. The molecule has 0 radical (unpaired) electrons. The molecular weight excluding hydrogens is 2260 g/mol. The van der Waals surface area contributed by atoms with Gasteiger partial charge in [0.05, 0.1) is 82.4 Å². The van der Waals surface area contributed by atoms with E-state index in [4.69, 9.17) is 37.8 Å². The summed E-state index contributed by atoms with van der Waals surface area (Å²) in [7, 11) is 4.03. The number of H-pyrrole nitrogens is 1. The molecule has 0 aliphatic carbocycles. The first-order chi connectivity index (χ1) is 68.4. The molecule has 0 spiro atoms. The normalized spacial score (nSPS) is 19.3. The van der Waals surface area contributed by atoms with Crippen molar-refractivity contribution in [3.8, 4) is 56.3 Å². The maximum atomic E-state index is 9.76. The second-order valence-electron chi connectivity index (χ2n) is 43.4. The van der Waals surface area contributed by atoms with E-state index in [0.717, 1.165) is 216 Å². The van der Waals surface area contributed by atoms with Crippen LogP contribution in [0.1, 0.15) is 129 Å². The van der Waals surface area contributed by atoms with Crippen LogP contribution in [-0.4, -0.2) is 240 Å². The van der Waals surface area contributed by atoms with Crippen LogP contribution in [0.3, 0.4) is 0 Å². The average Bonchev–Trinajstić information content (AvgIpc) is 1.61. The van der Waals surface area contributed by atoms with Crippen molar-refractivity contribution in [3.05, 3.63) is 203 Å². The first-order valence-corrected chi connectivity index (χ1v) is 65.5. The number of anilines is 8. The predicted molar refractivity (Wildman–Crippen MR) is 634 cm³/mol. The van der Waals surface area contributed by atoms with Crippen molar-refractivity contribution in [2.24, 2.45) is 14.1 Å². The number of aliphatic hydroxyl groups excluding tert-OH is 3. The van der Waals surface area contributed by atoms with Gasteiger partial charge in [0.15, 0.2) is 40.3 Å². The van der Waals surface area contributed by atoms with Crippen LogP contribution in [-0.2, 0) is 36.7 Å². The van der Waals surface area contributed by atoms with Crippen molar-refractivity contribution in [3.63, 3.8) is 0 Å². The molecule has 0 saturated carbocycles. The monoisotopic (exact) mass is 2400 g/mol. The Kier molecular flexibility index (Phi) is 41.4. The van der Waals surface area contributed by atoms with Crippen LogP contribution in [0.25, 0.3) is 56.3 Å². The highest BCUT2D eigenvalue weighted by Gasteiger charge is 2.52. The molecule has 6 aromatic carbocycles. The van der Waals surface area contributed by atoms with Gasteiger partial charge >= 0.3 is 7.12 Å². The van der Waals surface area contributed by atoms with Gasteiger partial charge in [0.2, 0.25) is 0 Å². The summed E-state index contributed by atoms with van der Waals surface area (Å²) >= 11 is 21.8. The molecule has 786 valence electrons. The van der Waals surface area contributed by atoms with Crippen LogP contribution < -0.4 is 51.2 Å². The lowest BCUT2D eigenvalue weighted by atomic mass is 9.79. The quantitative estimate of drug-likeness (QED) is 0.0329. The molecule has 145 heavy (non-hydrogen) atoms. The number of β-amino-alcohol motifs (C(OH)–C–C–N with tert-alkyl or cyclic N) is 3. The van der Waals surface area contributed by atoms with Gasteiger partial charge in [-0.15, -0.1) is 34.0 Å². The van der Waals surface area contributed by atoms with Crippen molar-refractivity contribution in [2.45, 2.75) is 231 Å². The van der Waals surface area contributed by atoms with Gasteiger partial charge in [0.1, 0.15) is 10.3 Å². The van der Waals surface area contributed by atoms with Crippen molar-refractivity contribution >= 4 is 195 Å². The largest absolute Gasteiger partial charge is 0.494 e. The molecule has 6 unspecified atom stereocenters. The smallest absolute Gasteiger partial charge is 0.412 e. The summed E-state index contributed by atoms with van der Waals surface area (Å²) in [5.41, 5.74) is 16.5. The third-order valence-corrected chi connectivity index (χ3v) is 47.5. The van der Waals surface area contributed by atoms with Crippen molar-refractivity contribution in [1.29, 1.82) is 0 Å². The molecule has 6 atom stereocenters. The number of aryl methyl sites for hydroxylation is 2. The Labute approximate surface area is 918 Å². The number of nitrogens with zero attached hydrogens (tertiary/aromatic N) is 13. The summed E-state index contributed by atoms with van der Waals surface area (Å²) in [6, 6.07) is 50.4. The average molecular weight is 2410 g/mol. The fourth-order valence-corrected chi connectivity index (χ4v) is 25.3. The van der Waals surface area contributed by atoms with E-state index in [0.29, 0.717) is 24.9 Å². The number of aliphatic hydroxyl groups is 3. The van der Waals surface area contributed by atoms with Gasteiger partial charge in [-0.25, -0.2) is 15.0 Å². The number of rotatable bonds is 20.